The van der Waals surface area contributed by atoms with E-state index in [0.29, 0.717) is 5.71 Å². The third-order valence-electron chi connectivity index (χ3n) is 4.74. The third-order valence-corrected chi connectivity index (χ3v) is 4.74. The number of hydrogen-bond donors (Lipinski definition) is 0. The van der Waals surface area contributed by atoms with Gasteiger partial charge in [-0.05, 0) is 43.9 Å². The highest BCUT2D eigenvalue weighted by Gasteiger charge is 2.37. The van der Waals surface area contributed by atoms with Crippen LogP contribution in [0.1, 0.15) is 16.9 Å². The van der Waals surface area contributed by atoms with Gasteiger partial charge in [-0.3, -0.25) is 4.81 Å². The quantitative estimate of drug-likeness (QED) is 0.512. The molecule has 114 valence electrons. The summed E-state index contributed by atoms with van der Waals surface area (Å²) in [5, 5.41) is 1.09. The Balaban J connectivity index is 1.87. The fourth-order valence-corrected chi connectivity index (χ4v) is 3.34. The molecule has 1 aliphatic rings. The largest absolute Gasteiger partial charge is 0.439 e. The van der Waals surface area contributed by atoms with Crippen molar-refractivity contribution in [1.29, 1.82) is 0 Å². The van der Waals surface area contributed by atoms with Crippen LogP contribution in [0.15, 0.2) is 41.2 Å². The van der Waals surface area contributed by atoms with E-state index < -0.39 is 0 Å². The minimum Gasteiger partial charge on any atom is -0.439 e. The molecule has 0 saturated carbocycles. The molecular formula is C18H19BN3O+. The summed E-state index contributed by atoms with van der Waals surface area (Å²) in [6, 6.07) is 6.28. The Kier molecular flexibility index (Phi) is 3.05. The lowest BCUT2D eigenvalue weighted by Gasteiger charge is -2.22. The van der Waals surface area contributed by atoms with Gasteiger partial charge in [0.1, 0.15) is 5.76 Å². The van der Waals surface area contributed by atoms with Crippen LogP contribution < -0.4 is 14.8 Å². The van der Waals surface area contributed by atoms with Gasteiger partial charge in [0.2, 0.25) is 5.71 Å². The number of furan rings is 1. The van der Waals surface area contributed by atoms with E-state index in [1.54, 1.807) is 6.20 Å². The highest BCUT2D eigenvalue weighted by molar-refractivity contribution is 6.79. The van der Waals surface area contributed by atoms with Crippen LogP contribution in [-0.4, -0.2) is 11.8 Å². The van der Waals surface area contributed by atoms with Gasteiger partial charge in [-0.2, -0.15) is 0 Å². The zero-order chi connectivity index (χ0) is 16.1. The highest BCUT2D eigenvalue weighted by atomic mass is 16.3. The summed E-state index contributed by atoms with van der Waals surface area (Å²) in [5.74, 6) is 2.08. The zero-order valence-electron chi connectivity index (χ0n) is 13.9. The maximum absolute atomic E-state index is 5.89. The topological polar surface area (TPSA) is 33.2 Å². The van der Waals surface area contributed by atoms with Crippen LogP contribution in [0.25, 0.3) is 17.2 Å². The molecule has 0 bridgehead atoms. The Morgan fingerprint density at radius 1 is 1.26 bits per heavy atom. The number of rotatable bonds is 1. The van der Waals surface area contributed by atoms with Gasteiger partial charge in [-0.15, -0.1) is 0 Å². The van der Waals surface area contributed by atoms with Crippen molar-refractivity contribution in [3.05, 3.63) is 53.7 Å². The predicted octanol–water partition coefficient (Wildman–Crippen LogP) is 2.59. The number of aromatic nitrogens is 2. The van der Waals surface area contributed by atoms with Crippen LogP contribution in [0, 0.1) is 13.8 Å². The second-order valence-electron chi connectivity index (χ2n) is 6.24. The van der Waals surface area contributed by atoms with Crippen LogP contribution >= 0.6 is 0 Å². The lowest BCUT2D eigenvalue weighted by Crippen LogP contribution is -2.50. The molecule has 0 spiro atoms. The van der Waals surface area contributed by atoms with E-state index in [1.165, 1.54) is 22.4 Å². The Labute approximate surface area is 136 Å². The van der Waals surface area contributed by atoms with E-state index >= 15 is 0 Å². The number of pyridine rings is 2. The van der Waals surface area contributed by atoms with Crippen LogP contribution in [0.3, 0.4) is 0 Å². The normalized spacial score (nSPS) is 13.7. The molecule has 5 heteroatoms. The van der Waals surface area contributed by atoms with Gasteiger partial charge in [0.05, 0.1) is 19.4 Å². The van der Waals surface area contributed by atoms with Crippen molar-refractivity contribution in [1.82, 2.24) is 4.98 Å². The second kappa shape index (κ2) is 4.98. The maximum Gasteiger partial charge on any atom is 0.413 e. The van der Waals surface area contributed by atoms with Gasteiger partial charge in [0, 0.05) is 29.2 Å². The van der Waals surface area contributed by atoms with Crippen molar-refractivity contribution >= 4 is 35.3 Å². The molecule has 0 N–H and O–H groups in total. The summed E-state index contributed by atoms with van der Waals surface area (Å²) in [7, 11) is 2.09. The molecule has 0 atom stereocenters. The van der Waals surface area contributed by atoms with Crippen molar-refractivity contribution in [2.45, 2.75) is 20.7 Å². The van der Waals surface area contributed by atoms with Crippen LogP contribution in [0.5, 0.6) is 0 Å². The summed E-state index contributed by atoms with van der Waals surface area (Å²) in [5.41, 5.74) is 4.50. The number of aryl methyl sites for hydroxylation is 3. The number of nitrogens with zero attached hydrogens (tertiary/aromatic N) is 3. The molecule has 0 unspecified atom stereocenters. The molecule has 4 nitrogen and oxygen atoms in total. The van der Waals surface area contributed by atoms with Gasteiger partial charge in [-0.25, -0.2) is 9.55 Å². The van der Waals surface area contributed by atoms with E-state index in [-0.39, 0.29) is 6.85 Å². The number of hydrogen-bond acceptors (Lipinski definition) is 3. The van der Waals surface area contributed by atoms with E-state index in [4.69, 9.17) is 4.42 Å². The van der Waals surface area contributed by atoms with Crippen molar-refractivity contribution in [3.63, 3.8) is 0 Å². The minimum absolute atomic E-state index is 0.189. The second-order valence-corrected chi connectivity index (χ2v) is 6.24. The van der Waals surface area contributed by atoms with Crippen molar-refractivity contribution in [2.24, 2.45) is 7.05 Å². The number of anilines is 1. The number of fused-ring (bicyclic) bond motifs is 3. The smallest absolute Gasteiger partial charge is 0.413 e. The van der Waals surface area contributed by atoms with Crippen LogP contribution in [0.4, 0.5) is 5.82 Å². The molecule has 4 heterocycles. The maximum atomic E-state index is 5.89. The SMILES string of the molecule is CB1c2c(oc3ncccc23)C=CN1c1cc(C)c(C)c[n+]1C. The lowest BCUT2D eigenvalue weighted by molar-refractivity contribution is -0.658. The van der Waals surface area contributed by atoms with Crippen molar-refractivity contribution in [3.8, 4) is 0 Å². The molecule has 1 aliphatic heterocycles. The molecular weight excluding hydrogens is 285 g/mol. The first kappa shape index (κ1) is 14.1. The summed E-state index contributed by atoms with van der Waals surface area (Å²) < 4.78 is 8.06. The molecule has 0 radical (unpaired) electrons. The molecule has 3 aromatic heterocycles. The third kappa shape index (κ3) is 2.07. The standard InChI is InChI=1S/C18H19BN3O/c1-12-10-16(21(4)11-13(12)2)22-9-7-15-17(19(22)3)14-6-5-8-20-18(14)23-15/h5-11H,1-4H3/q+1. The Bertz CT molecular complexity index is 945. The highest BCUT2D eigenvalue weighted by Crippen LogP contribution is 2.24. The fraction of sp³-hybridized carbons (Fsp3) is 0.222. The van der Waals surface area contributed by atoms with E-state index in [1.807, 2.05) is 12.1 Å². The van der Waals surface area contributed by atoms with Gasteiger partial charge in [0.25, 0.3) is 5.82 Å². The minimum atomic E-state index is 0.189. The van der Waals surface area contributed by atoms with E-state index in [9.17, 15) is 0 Å². The Morgan fingerprint density at radius 2 is 2.09 bits per heavy atom. The van der Waals surface area contributed by atoms with E-state index in [2.05, 4.69) is 66.6 Å². The van der Waals surface area contributed by atoms with Gasteiger partial charge in [0.15, 0.2) is 0 Å². The van der Waals surface area contributed by atoms with Crippen LogP contribution in [-0.2, 0) is 7.05 Å². The summed E-state index contributed by atoms with van der Waals surface area (Å²) in [6.07, 6.45) is 8.08. The fourth-order valence-electron chi connectivity index (χ4n) is 3.34. The molecule has 0 amide bonds. The van der Waals surface area contributed by atoms with Crippen LogP contribution in [0.2, 0.25) is 6.82 Å². The van der Waals surface area contributed by atoms with Crippen molar-refractivity contribution in [2.75, 3.05) is 4.81 Å². The first-order valence-corrected chi connectivity index (χ1v) is 7.87. The van der Waals surface area contributed by atoms with E-state index in [0.717, 1.165) is 11.1 Å². The average Bonchev–Trinajstić information content (AvgIpc) is 2.91. The summed E-state index contributed by atoms with van der Waals surface area (Å²) in [6.45, 7) is 6.69. The summed E-state index contributed by atoms with van der Waals surface area (Å²) in [4.78, 5) is 6.63. The Morgan fingerprint density at radius 3 is 2.91 bits per heavy atom. The molecule has 0 aliphatic carbocycles. The average molecular weight is 304 g/mol. The van der Waals surface area contributed by atoms with Gasteiger partial charge < -0.3 is 4.42 Å². The molecule has 0 fully saturated rings. The molecule has 4 rings (SSSR count). The van der Waals surface area contributed by atoms with Crippen molar-refractivity contribution < 1.29 is 8.98 Å². The zero-order valence-corrected chi connectivity index (χ0v) is 13.9. The monoisotopic (exact) mass is 304 g/mol. The summed E-state index contributed by atoms with van der Waals surface area (Å²) >= 11 is 0. The van der Waals surface area contributed by atoms with Gasteiger partial charge >= 0.3 is 6.85 Å². The molecule has 0 saturated heterocycles. The lowest BCUT2D eigenvalue weighted by atomic mass is 9.54. The molecule has 0 aromatic carbocycles. The predicted molar refractivity (Wildman–Crippen MR) is 93.9 cm³/mol. The first-order chi connectivity index (χ1) is 11.1. The molecule has 23 heavy (non-hydrogen) atoms. The molecule has 3 aromatic rings. The first-order valence-electron chi connectivity index (χ1n) is 7.87. The van der Waals surface area contributed by atoms with Gasteiger partial charge in [-0.1, -0.05) is 0 Å². The Hall–Kier alpha value is -2.56.